The zero-order valence-electron chi connectivity index (χ0n) is 11.4. The van der Waals surface area contributed by atoms with Crippen LogP contribution in [0.4, 0.5) is 4.79 Å². The maximum Gasteiger partial charge on any atom is 0.317 e. The molecule has 2 amide bonds. The Bertz CT molecular complexity index is 497. The van der Waals surface area contributed by atoms with Gasteiger partial charge < -0.3 is 10.2 Å². The molecule has 0 radical (unpaired) electrons. The molecule has 1 rings (SSSR count). The largest absolute Gasteiger partial charge is 0.334 e. The van der Waals surface area contributed by atoms with Crippen LogP contribution in [-0.4, -0.2) is 43.9 Å². The number of hydrogen-bond acceptors (Lipinski definition) is 4. The number of nitrogens with one attached hydrogen (secondary N) is 1. The van der Waals surface area contributed by atoms with E-state index in [1.165, 1.54) is 11.2 Å². The van der Waals surface area contributed by atoms with Gasteiger partial charge in [0.25, 0.3) is 0 Å². The average molecular weight is 304 g/mol. The second-order valence-corrected chi connectivity index (χ2v) is 7.48. The van der Waals surface area contributed by atoms with E-state index < -0.39 is 9.84 Å². The molecular formula is C12H20N2O3S2. The van der Waals surface area contributed by atoms with E-state index in [0.29, 0.717) is 13.1 Å². The average Bonchev–Trinajstić information content (AvgIpc) is 2.77. The minimum absolute atomic E-state index is 0.0211. The number of urea groups is 1. The molecule has 0 fully saturated rings. The van der Waals surface area contributed by atoms with Crippen molar-refractivity contribution in [2.75, 3.05) is 18.6 Å². The minimum Gasteiger partial charge on any atom is -0.334 e. The highest BCUT2D eigenvalue weighted by atomic mass is 32.2. The normalized spacial score (nSPS) is 13.0. The Labute approximate surface area is 118 Å². The molecule has 1 atom stereocenters. The fraction of sp³-hybridized carbons (Fsp3) is 0.583. The van der Waals surface area contributed by atoms with E-state index in [1.807, 2.05) is 23.8 Å². The van der Waals surface area contributed by atoms with Crippen LogP contribution in [0.3, 0.4) is 0 Å². The Morgan fingerprint density at radius 3 is 2.68 bits per heavy atom. The first-order valence-corrected chi connectivity index (χ1v) is 9.07. The van der Waals surface area contributed by atoms with Gasteiger partial charge in [-0.3, -0.25) is 0 Å². The van der Waals surface area contributed by atoms with Crippen LogP contribution < -0.4 is 5.32 Å². The van der Waals surface area contributed by atoms with Crippen molar-refractivity contribution in [3.63, 3.8) is 0 Å². The summed E-state index contributed by atoms with van der Waals surface area (Å²) >= 11 is 1.58. The first-order valence-electron chi connectivity index (χ1n) is 6.06. The minimum atomic E-state index is -3.09. The summed E-state index contributed by atoms with van der Waals surface area (Å²) in [6, 6.07) is 1.38. The maximum absolute atomic E-state index is 12.0. The fourth-order valence-corrected chi connectivity index (χ4v) is 3.58. The van der Waals surface area contributed by atoms with Crippen LogP contribution in [0.15, 0.2) is 16.8 Å². The van der Waals surface area contributed by atoms with E-state index >= 15 is 0 Å². The second kappa shape index (κ2) is 6.91. The molecule has 0 bridgehead atoms. The Kier molecular flexibility index (Phi) is 5.81. The van der Waals surface area contributed by atoms with Crippen LogP contribution in [0.1, 0.15) is 19.4 Å². The van der Waals surface area contributed by atoms with Gasteiger partial charge in [-0.25, -0.2) is 13.2 Å². The second-order valence-electron chi connectivity index (χ2n) is 4.52. The van der Waals surface area contributed by atoms with E-state index in [-0.39, 0.29) is 17.8 Å². The van der Waals surface area contributed by atoms with Crippen molar-refractivity contribution in [3.8, 4) is 0 Å². The summed E-state index contributed by atoms with van der Waals surface area (Å²) in [5.74, 6) is -0.0211. The first kappa shape index (κ1) is 16.0. The van der Waals surface area contributed by atoms with Crippen LogP contribution in [0.5, 0.6) is 0 Å². The van der Waals surface area contributed by atoms with E-state index in [9.17, 15) is 13.2 Å². The van der Waals surface area contributed by atoms with Gasteiger partial charge in [0.2, 0.25) is 0 Å². The number of carbonyl (C=O) groups is 1. The van der Waals surface area contributed by atoms with Crippen molar-refractivity contribution in [1.82, 2.24) is 10.2 Å². The van der Waals surface area contributed by atoms with Crippen molar-refractivity contribution < 1.29 is 13.2 Å². The monoisotopic (exact) mass is 304 g/mol. The van der Waals surface area contributed by atoms with Gasteiger partial charge in [-0.1, -0.05) is 0 Å². The molecule has 0 unspecified atom stereocenters. The first-order chi connectivity index (χ1) is 8.83. The molecule has 0 spiro atoms. The van der Waals surface area contributed by atoms with Crippen LogP contribution in [-0.2, 0) is 16.4 Å². The topological polar surface area (TPSA) is 66.5 Å². The van der Waals surface area contributed by atoms with Crippen molar-refractivity contribution in [2.24, 2.45) is 0 Å². The van der Waals surface area contributed by atoms with Gasteiger partial charge in [-0.2, -0.15) is 11.3 Å². The van der Waals surface area contributed by atoms with Crippen molar-refractivity contribution >= 4 is 27.2 Å². The number of thiophene rings is 1. The predicted molar refractivity (Wildman–Crippen MR) is 78.1 cm³/mol. The Balaban J connectivity index is 2.56. The summed E-state index contributed by atoms with van der Waals surface area (Å²) in [6.45, 7) is 4.52. The summed E-state index contributed by atoms with van der Waals surface area (Å²) in [4.78, 5) is 13.6. The standard InChI is InChI=1S/C12H20N2O3S2/c1-4-14(10(2)9-19(3,16)17)12(15)13-7-11-5-6-18-8-11/h5-6,8,10H,4,7,9H2,1-3H3,(H,13,15)/t10-/m0/s1. The molecule has 0 aliphatic carbocycles. The van der Waals surface area contributed by atoms with Gasteiger partial charge in [0.15, 0.2) is 0 Å². The number of rotatable bonds is 6. The van der Waals surface area contributed by atoms with E-state index in [2.05, 4.69) is 5.32 Å². The molecule has 19 heavy (non-hydrogen) atoms. The summed E-state index contributed by atoms with van der Waals surface area (Å²) in [7, 11) is -3.09. The van der Waals surface area contributed by atoms with Crippen LogP contribution in [0.25, 0.3) is 0 Å². The van der Waals surface area contributed by atoms with Gasteiger partial charge >= 0.3 is 6.03 Å². The number of nitrogens with zero attached hydrogens (tertiary/aromatic N) is 1. The molecule has 0 saturated carbocycles. The number of amides is 2. The third-order valence-electron chi connectivity index (χ3n) is 2.70. The Morgan fingerprint density at radius 2 is 2.21 bits per heavy atom. The molecule has 0 aliphatic heterocycles. The number of hydrogen-bond donors (Lipinski definition) is 1. The lowest BCUT2D eigenvalue weighted by atomic mass is 10.3. The molecular weight excluding hydrogens is 284 g/mol. The Hall–Kier alpha value is -1.08. The third-order valence-corrected chi connectivity index (χ3v) is 4.52. The van der Waals surface area contributed by atoms with Crippen molar-refractivity contribution in [1.29, 1.82) is 0 Å². The Morgan fingerprint density at radius 1 is 1.53 bits per heavy atom. The molecule has 0 aliphatic rings. The molecule has 5 nitrogen and oxygen atoms in total. The highest BCUT2D eigenvalue weighted by molar-refractivity contribution is 7.90. The smallest absolute Gasteiger partial charge is 0.317 e. The molecule has 1 aromatic rings. The highest BCUT2D eigenvalue weighted by Gasteiger charge is 2.21. The van der Waals surface area contributed by atoms with Crippen LogP contribution >= 0.6 is 11.3 Å². The lowest BCUT2D eigenvalue weighted by Gasteiger charge is -2.27. The van der Waals surface area contributed by atoms with E-state index in [1.54, 1.807) is 18.3 Å². The van der Waals surface area contributed by atoms with Gasteiger partial charge in [-0.15, -0.1) is 0 Å². The van der Waals surface area contributed by atoms with Crippen molar-refractivity contribution in [3.05, 3.63) is 22.4 Å². The van der Waals surface area contributed by atoms with Crippen molar-refractivity contribution in [2.45, 2.75) is 26.4 Å². The van der Waals surface area contributed by atoms with Crippen LogP contribution in [0.2, 0.25) is 0 Å². The maximum atomic E-state index is 12.0. The number of carbonyl (C=O) groups excluding carboxylic acids is 1. The third kappa shape index (κ3) is 5.61. The van der Waals surface area contributed by atoms with Gasteiger partial charge in [0, 0.05) is 25.4 Å². The summed E-state index contributed by atoms with van der Waals surface area (Å²) in [5.41, 5.74) is 1.05. The SMILES string of the molecule is CCN(C(=O)NCc1ccsc1)[C@@H](C)CS(C)(=O)=O. The summed E-state index contributed by atoms with van der Waals surface area (Å²) in [5, 5.41) is 6.72. The van der Waals surface area contributed by atoms with Gasteiger partial charge in [0.1, 0.15) is 9.84 Å². The molecule has 108 valence electrons. The zero-order chi connectivity index (χ0) is 14.5. The zero-order valence-corrected chi connectivity index (χ0v) is 13.1. The molecule has 1 heterocycles. The predicted octanol–water partition coefficient (Wildman–Crippen LogP) is 1.71. The lowest BCUT2D eigenvalue weighted by molar-refractivity contribution is 0.187. The van der Waals surface area contributed by atoms with Gasteiger partial charge in [0.05, 0.1) is 5.75 Å². The molecule has 7 heteroatoms. The fourth-order valence-electron chi connectivity index (χ4n) is 1.86. The van der Waals surface area contributed by atoms with E-state index in [0.717, 1.165) is 5.56 Å². The molecule has 1 N–H and O–H groups in total. The molecule has 0 saturated heterocycles. The van der Waals surface area contributed by atoms with Gasteiger partial charge in [-0.05, 0) is 36.2 Å². The molecule has 0 aromatic carbocycles. The molecule has 1 aromatic heterocycles. The van der Waals surface area contributed by atoms with Crippen LogP contribution in [0, 0.1) is 0 Å². The highest BCUT2D eigenvalue weighted by Crippen LogP contribution is 2.07. The summed E-state index contributed by atoms with van der Waals surface area (Å²) in [6.07, 6.45) is 1.18. The summed E-state index contributed by atoms with van der Waals surface area (Å²) < 4.78 is 22.5. The lowest BCUT2D eigenvalue weighted by Crippen LogP contribution is -2.47. The number of sulfone groups is 1. The van der Waals surface area contributed by atoms with E-state index in [4.69, 9.17) is 0 Å². The quantitative estimate of drug-likeness (QED) is 0.870.